The van der Waals surface area contributed by atoms with E-state index in [9.17, 15) is 0 Å². The second kappa shape index (κ2) is 6.05. The summed E-state index contributed by atoms with van der Waals surface area (Å²) in [6, 6.07) is 0. The molecule has 1 fully saturated rings. The minimum absolute atomic E-state index is 0.483. The first-order valence-electron chi connectivity index (χ1n) is 6.68. The summed E-state index contributed by atoms with van der Waals surface area (Å²) in [6.45, 7) is 2.02. The molecule has 19 heavy (non-hydrogen) atoms. The molecule has 2 aromatic rings. The summed E-state index contributed by atoms with van der Waals surface area (Å²) in [7, 11) is 0. The van der Waals surface area contributed by atoms with E-state index in [2.05, 4.69) is 20.6 Å². The molecule has 102 valence electrons. The standard InChI is InChI=1S/C13H17N3OS2/c1-9-14-11(7-18-9)8-19-13-16-15-12(17-13)10-5-3-2-4-6-10/h7,10H,2-6,8H2,1H3. The summed E-state index contributed by atoms with van der Waals surface area (Å²) < 4.78 is 5.77. The highest BCUT2D eigenvalue weighted by Gasteiger charge is 2.21. The van der Waals surface area contributed by atoms with E-state index in [-0.39, 0.29) is 0 Å². The van der Waals surface area contributed by atoms with Crippen LogP contribution in [0.15, 0.2) is 15.0 Å². The third kappa shape index (κ3) is 3.36. The Morgan fingerprint density at radius 2 is 2.16 bits per heavy atom. The molecule has 0 saturated heterocycles. The maximum Gasteiger partial charge on any atom is 0.276 e. The molecule has 3 rings (SSSR count). The molecule has 0 atom stereocenters. The molecule has 1 aliphatic carbocycles. The van der Waals surface area contributed by atoms with Crippen molar-refractivity contribution in [1.82, 2.24) is 15.2 Å². The number of rotatable bonds is 4. The van der Waals surface area contributed by atoms with Crippen molar-refractivity contribution in [1.29, 1.82) is 0 Å². The van der Waals surface area contributed by atoms with Gasteiger partial charge >= 0.3 is 0 Å². The monoisotopic (exact) mass is 295 g/mol. The zero-order valence-corrected chi connectivity index (χ0v) is 12.6. The molecule has 0 N–H and O–H groups in total. The number of aromatic nitrogens is 3. The van der Waals surface area contributed by atoms with E-state index in [1.807, 2.05) is 6.92 Å². The molecular weight excluding hydrogens is 278 g/mol. The molecule has 6 heteroatoms. The summed E-state index contributed by atoms with van der Waals surface area (Å²) in [4.78, 5) is 4.43. The lowest BCUT2D eigenvalue weighted by molar-refractivity contribution is 0.334. The topological polar surface area (TPSA) is 51.8 Å². The van der Waals surface area contributed by atoms with Crippen LogP contribution in [0.4, 0.5) is 0 Å². The Bertz CT molecular complexity index is 531. The lowest BCUT2D eigenvalue weighted by atomic mass is 9.89. The van der Waals surface area contributed by atoms with Crippen LogP contribution in [0, 0.1) is 6.92 Å². The fourth-order valence-corrected chi connectivity index (χ4v) is 3.78. The first-order valence-corrected chi connectivity index (χ1v) is 8.55. The van der Waals surface area contributed by atoms with Gasteiger partial charge in [0.2, 0.25) is 5.89 Å². The number of hydrogen-bond acceptors (Lipinski definition) is 6. The van der Waals surface area contributed by atoms with Crippen molar-refractivity contribution < 1.29 is 4.42 Å². The molecular formula is C13H17N3OS2. The molecule has 0 radical (unpaired) electrons. The average molecular weight is 295 g/mol. The van der Waals surface area contributed by atoms with Crippen LogP contribution in [-0.2, 0) is 5.75 Å². The van der Waals surface area contributed by atoms with Crippen molar-refractivity contribution in [3.63, 3.8) is 0 Å². The Morgan fingerprint density at radius 3 is 2.89 bits per heavy atom. The average Bonchev–Trinajstić information content (AvgIpc) is 3.06. The van der Waals surface area contributed by atoms with Gasteiger partial charge in [-0.15, -0.1) is 21.5 Å². The molecule has 2 heterocycles. The van der Waals surface area contributed by atoms with Crippen LogP contribution in [0.5, 0.6) is 0 Å². The summed E-state index contributed by atoms with van der Waals surface area (Å²) in [5, 5.41) is 12.2. The van der Waals surface area contributed by atoms with Crippen molar-refractivity contribution in [2.75, 3.05) is 0 Å². The van der Waals surface area contributed by atoms with Gasteiger partial charge < -0.3 is 4.42 Å². The smallest absolute Gasteiger partial charge is 0.276 e. The molecule has 0 aromatic carbocycles. The van der Waals surface area contributed by atoms with E-state index in [0.29, 0.717) is 11.1 Å². The van der Waals surface area contributed by atoms with Gasteiger partial charge in [0.25, 0.3) is 5.22 Å². The normalized spacial score (nSPS) is 16.9. The lowest BCUT2D eigenvalue weighted by Crippen LogP contribution is -2.04. The maximum absolute atomic E-state index is 5.77. The molecule has 0 amide bonds. The molecule has 0 unspecified atom stereocenters. The van der Waals surface area contributed by atoms with Gasteiger partial charge in [0.1, 0.15) is 0 Å². The molecule has 1 saturated carbocycles. The second-order valence-corrected chi connectivity index (χ2v) is 6.88. The van der Waals surface area contributed by atoms with Gasteiger partial charge in [-0.2, -0.15) is 0 Å². The van der Waals surface area contributed by atoms with Crippen LogP contribution in [0.3, 0.4) is 0 Å². The molecule has 1 aliphatic rings. The number of hydrogen-bond donors (Lipinski definition) is 0. The van der Waals surface area contributed by atoms with Crippen molar-refractivity contribution in [2.24, 2.45) is 0 Å². The van der Waals surface area contributed by atoms with Gasteiger partial charge in [0.05, 0.1) is 10.7 Å². The quantitative estimate of drug-likeness (QED) is 0.792. The minimum atomic E-state index is 0.483. The highest BCUT2D eigenvalue weighted by atomic mass is 32.2. The van der Waals surface area contributed by atoms with E-state index >= 15 is 0 Å². The summed E-state index contributed by atoms with van der Waals surface area (Å²) in [5.41, 5.74) is 1.09. The van der Waals surface area contributed by atoms with Crippen molar-refractivity contribution >= 4 is 23.1 Å². The minimum Gasteiger partial charge on any atom is -0.416 e. The highest BCUT2D eigenvalue weighted by Crippen LogP contribution is 2.33. The first kappa shape index (κ1) is 13.1. The van der Waals surface area contributed by atoms with Crippen LogP contribution in [0.25, 0.3) is 0 Å². The highest BCUT2D eigenvalue weighted by molar-refractivity contribution is 7.98. The van der Waals surface area contributed by atoms with E-state index in [0.717, 1.165) is 22.3 Å². The number of nitrogens with zero attached hydrogens (tertiary/aromatic N) is 3. The lowest BCUT2D eigenvalue weighted by Gasteiger charge is -2.17. The molecule has 2 aromatic heterocycles. The Morgan fingerprint density at radius 1 is 1.32 bits per heavy atom. The predicted molar refractivity (Wildman–Crippen MR) is 76.5 cm³/mol. The third-order valence-corrected chi connectivity index (χ3v) is 5.06. The van der Waals surface area contributed by atoms with Crippen molar-refractivity contribution in [2.45, 2.75) is 55.9 Å². The van der Waals surface area contributed by atoms with E-state index in [1.54, 1.807) is 23.1 Å². The largest absolute Gasteiger partial charge is 0.416 e. The number of aryl methyl sites for hydroxylation is 1. The van der Waals surface area contributed by atoms with Crippen LogP contribution in [0.2, 0.25) is 0 Å². The Labute approximate surface area is 121 Å². The van der Waals surface area contributed by atoms with Crippen LogP contribution >= 0.6 is 23.1 Å². The van der Waals surface area contributed by atoms with Gasteiger partial charge in [-0.05, 0) is 19.8 Å². The van der Waals surface area contributed by atoms with Gasteiger partial charge in [-0.1, -0.05) is 31.0 Å². The van der Waals surface area contributed by atoms with Crippen LogP contribution in [-0.4, -0.2) is 15.2 Å². The second-order valence-electron chi connectivity index (χ2n) is 4.89. The Balaban J connectivity index is 1.58. The summed E-state index contributed by atoms with van der Waals surface area (Å²) >= 11 is 3.25. The number of thioether (sulfide) groups is 1. The molecule has 0 spiro atoms. The van der Waals surface area contributed by atoms with E-state index < -0.39 is 0 Å². The van der Waals surface area contributed by atoms with Gasteiger partial charge in [-0.3, -0.25) is 0 Å². The fraction of sp³-hybridized carbons (Fsp3) is 0.615. The predicted octanol–water partition coefficient (Wildman–Crippen LogP) is 4.17. The summed E-state index contributed by atoms with van der Waals surface area (Å²) in [5.74, 6) is 2.12. The zero-order valence-electron chi connectivity index (χ0n) is 11.0. The zero-order chi connectivity index (χ0) is 13.1. The van der Waals surface area contributed by atoms with Crippen LogP contribution in [0.1, 0.15) is 54.6 Å². The fourth-order valence-electron chi connectivity index (χ4n) is 2.40. The number of thiazole rings is 1. The Hall–Kier alpha value is -0.880. The Kier molecular flexibility index (Phi) is 4.18. The van der Waals surface area contributed by atoms with E-state index in [4.69, 9.17) is 4.42 Å². The molecule has 0 bridgehead atoms. The van der Waals surface area contributed by atoms with Gasteiger partial charge in [0.15, 0.2) is 0 Å². The van der Waals surface area contributed by atoms with Gasteiger partial charge in [0, 0.05) is 17.1 Å². The first-order chi connectivity index (χ1) is 9.31. The SMILES string of the molecule is Cc1nc(CSc2nnc(C3CCCCC3)o2)cs1. The molecule has 4 nitrogen and oxygen atoms in total. The third-order valence-electron chi connectivity index (χ3n) is 3.39. The van der Waals surface area contributed by atoms with E-state index in [1.165, 1.54) is 32.1 Å². The maximum atomic E-state index is 5.77. The summed E-state index contributed by atoms with van der Waals surface area (Å²) in [6.07, 6.45) is 6.30. The van der Waals surface area contributed by atoms with Gasteiger partial charge in [-0.25, -0.2) is 4.98 Å². The van der Waals surface area contributed by atoms with Crippen LogP contribution < -0.4 is 0 Å². The molecule has 0 aliphatic heterocycles. The van der Waals surface area contributed by atoms with Crippen molar-refractivity contribution in [3.8, 4) is 0 Å². The van der Waals surface area contributed by atoms with Crippen molar-refractivity contribution in [3.05, 3.63) is 22.0 Å².